The van der Waals surface area contributed by atoms with Crippen LogP contribution in [0, 0.1) is 0 Å². The summed E-state index contributed by atoms with van der Waals surface area (Å²) < 4.78 is 20.3. The zero-order valence-corrected chi connectivity index (χ0v) is 11.3. The van der Waals surface area contributed by atoms with Gasteiger partial charge in [0, 0.05) is 6.07 Å². The van der Waals surface area contributed by atoms with Crippen molar-refractivity contribution in [3.63, 3.8) is 0 Å². The van der Waals surface area contributed by atoms with Gasteiger partial charge in [-0.15, -0.1) is 0 Å². The molecule has 1 aromatic heterocycles. The number of aromatic nitrogens is 1. The van der Waals surface area contributed by atoms with Crippen LogP contribution in [0.15, 0.2) is 22.7 Å². The maximum atomic E-state index is 11.7. The van der Waals surface area contributed by atoms with E-state index in [9.17, 15) is 4.79 Å². The minimum absolute atomic E-state index is 0.226. The predicted octanol–water partition coefficient (Wildman–Crippen LogP) is 1.73. The quantitative estimate of drug-likeness (QED) is 0.850. The molecule has 0 saturated carbocycles. The lowest BCUT2D eigenvalue weighted by molar-refractivity contribution is 0.0600. The van der Waals surface area contributed by atoms with Crippen molar-refractivity contribution < 1.29 is 23.5 Å². The molecule has 0 spiro atoms. The minimum Gasteiger partial charge on any atom is -0.493 e. The fraction of sp³-hybridized carbons (Fsp3) is 0.231. The molecule has 0 unspecified atom stereocenters. The molecule has 0 fully saturated rings. The highest BCUT2D eigenvalue weighted by Gasteiger charge is 2.20. The van der Waals surface area contributed by atoms with E-state index in [1.165, 1.54) is 33.5 Å². The largest absolute Gasteiger partial charge is 0.493 e. The predicted molar refractivity (Wildman–Crippen MR) is 70.8 cm³/mol. The highest BCUT2D eigenvalue weighted by atomic mass is 16.5. The summed E-state index contributed by atoms with van der Waals surface area (Å²) in [4.78, 5) is 11.7. The molecule has 0 amide bonds. The van der Waals surface area contributed by atoms with E-state index in [4.69, 9.17) is 24.5 Å². The van der Waals surface area contributed by atoms with Gasteiger partial charge in [0.15, 0.2) is 23.1 Å². The van der Waals surface area contributed by atoms with Crippen LogP contribution in [0.1, 0.15) is 10.4 Å². The first kappa shape index (κ1) is 13.7. The van der Waals surface area contributed by atoms with Gasteiger partial charge in [-0.25, -0.2) is 4.79 Å². The van der Waals surface area contributed by atoms with Crippen molar-refractivity contribution in [3.05, 3.63) is 23.8 Å². The number of benzene rings is 1. The first-order valence-electron chi connectivity index (χ1n) is 5.67. The second-order valence-corrected chi connectivity index (χ2v) is 3.87. The number of carbonyl (C=O) groups excluding carboxylic acids is 1. The molecule has 0 aliphatic carbocycles. The lowest BCUT2D eigenvalue weighted by Crippen LogP contribution is -2.03. The van der Waals surface area contributed by atoms with Gasteiger partial charge in [-0.05, 0) is 12.1 Å². The molecule has 7 heteroatoms. The highest BCUT2D eigenvalue weighted by molar-refractivity contribution is 5.92. The lowest BCUT2D eigenvalue weighted by atomic mass is 10.1. The van der Waals surface area contributed by atoms with Crippen molar-refractivity contribution in [2.24, 2.45) is 0 Å². The van der Waals surface area contributed by atoms with Crippen molar-refractivity contribution in [1.82, 2.24) is 5.16 Å². The molecular weight excluding hydrogens is 264 g/mol. The van der Waals surface area contributed by atoms with Crippen LogP contribution in [0.3, 0.4) is 0 Å². The first-order valence-corrected chi connectivity index (χ1v) is 5.67. The topological polar surface area (TPSA) is 96.8 Å². The van der Waals surface area contributed by atoms with E-state index in [-0.39, 0.29) is 5.82 Å². The Kier molecular flexibility index (Phi) is 3.79. The molecule has 0 radical (unpaired) electrons. The Labute approximate surface area is 115 Å². The van der Waals surface area contributed by atoms with Crippen molar-refractivity contribution in [1.29, 1.82) is 0 Å². The summed E-state index contributed by atoms with van der Waals surface area (Å²) in [7, 11) is 4.25. The second kappa shape index (κ2) is 5.52. The smallest absolute Gasteiger partial charge is 0.338 e. The summed E-state index contributed by atoms with van der Waals surface area (Å²) in [5.74, 6) is 0.879. The number of nitrogen functional groups attached to an aromatic ring is 1. The van der Waals surface area contributed by atoms with Gasteiger partial charge >= 0.3 is 5.97 Å². The van der Waals surface area contributed by atoms with Gasteiger partial charge in [0.25, 0.3) is 0 Å². The maximum absolute atomic E-state index is 11.7. The van der Waals surface area contributed by atoms with E-state index in [0.29, 0.717) is 28.4 Å². The molecule has 2 N–H and O–H groups in total. The average molecular weight is 278 g/mol. The molecule has 0 atom stereocenters. The van der Waals surface area contributed by atoms with Crippen molar-refractivity contribution >= 4 is 11.8 Å². The van der Waals surface area contributed by atoms with Crippen LogP contribution >= 0.6 is 0 Å². The van der Waals surface area contributed by atoms with Crippen molar-refractivity contribution in [2.75, 3.05) is 27.1 Å². The van der Waals surface area contributed by atoms with E-state index >= 15 is 0 Å². The number of rotatable bonds is 4. The molecule has 2 aromatic rings. The Morgan fingerprint density at radius 1 is 1.20 bits per heavy atom. The van der Waals surface area contributed by atoms with Gasteiger partial charge in [0.1, 0.15) is 0 Å². The SMILES string of the molecule is COC(=O)c1cc(OC)c(OC)c(-c2cc(N)no2)c1. The highest BCUT2D eigenvalue weighted by Crippen LogP contribution is 2.39. The van der Waals surface area contributed by atoms with Crippen LogP contribution in [0.5, 0.6) is 11.5 Å². The number of esters is 1. The molecule has 0 aliphatic heterocycles. The van der Waals surface area contributed by atoms with Crippen LogP contribution in [0.25, 0.3) is 11.3 Å². The van der Waals surface area contributed by atoms with Crippen molar-refractivity contribution in [3.8, 4) is 22.8 Å². The third-order valence-corrected chi connectivity index (χ3v) is 2.69. The molecule has 0 bridgehead atoms. The number of anilines is 1. The van der Waals surface area contributed by atoms with Crippen LogP contribution in [-0.2, 0) is 4.74 Å². The molecule has 7 nitrogen and oxygen atoms in total. The monoisotopic (exact) mass is 278 g/mol. The minimum atomic E-state index is -0.500. The summed E-state index contributed by atoms with van der Waals surface area (Å²) in [6.07, 6.45) is 0. The van der Waals surface area contributed by atoms with Gasteiger partial charge in [-0.2, -0.15) is 0 Å². The molecule has 106 valence electrons. The number of hydrogen-bond donors (Lipinski definition) is 1. The normalized spacial score (nSPS) is 10.2. The summed E-state index contributed by atoms with van der Waals surface area (Å²) >= 11 is 0. The fourth-order valence-electron chi connectivity index (χ4n) is 1.80. The fourth-order valence-corrected chi connectivity index (χ4v) is 1.80. The van der Waals surface area contributed by atoms with Crippen molar-refractivity contribution in [2.45, 2.75) is 0 Å². The number of methoxy groups -OCH3 is 3. The number of carbonyl (C=O) groups is 1. The summed E-state index contributed by atoms with van der Waals surface area (Å²) in [5, 5.41) is 3.61. The van der Waals surface area contributed by atoms with E-state index in [0.717, 1.165) is 0 Å². The molecular formula is C13H14N2O5. The first-order chi connectivity index (χ1) is 9.60. The number of hydrogen-bond acceptors (Lipinski definition) is 7. The average Bonchev–Trinajstić information content (AvgIpc) is 2.91. The van der Waals surface area contributed by atoms with Crippen LogP contribution in [-0.4, -0.2) is 32.5 Å². The Hall–Kier alpha value is -2.70. The molecule has 1 heterocycles. The summed E-state index contributed by atoms with van der Waals surface area (Å²) in [5.41, 5.74) is 6.33. The van der Waals surface area contributed by atoms with Gasteiger partial charge in [0.2, 0.25) is 0 Å². The van der Waals surface area contributed by atoms with Crippen LogP contribution < -0.4 is 15.2 Å². The number of nitrogens with two attached hydrogens (primary N) is 1. The number of nitrogens with zero attached hydrogens (tertiary/aromatic N) is 1. The van der Waals surface area contributed by atoms with E-state index < -0.39 is 5.97 Å². The molecule has 0 saturated heterocycles. The summed E-state index contributed by atoms with van der Waals surface area (Å²) in [6.45, 7) is 0. The van der Waals surface area contributed by atoms with Crippen LogP contribution in [0.4, 0.5) is 5.82 Å². The third-order valence-electron chi connectivity index (χ3n) is 2.69. The van der Waals surface area contributed by atoms with Gasteiger partial charge in [-0.3, -0.25) is 0 Å². The van der Waals surface area contributed by atoms with Gasteiger partial charge in [-0.1, -0.05) is 5.16 Å². The molecule has 2 rings (SSSR count). The zero-order valence-electron chi connectivity index (χ0n) is 11.3. The van der Waals surface area contributed by atoms with Crippen LogP contribution in [0.2, 0.25) is 0 Å². The Bertz CT molecular complexity index is 636. The molecule has 1 aromatic carbocycles. The van der Waals surface area contributed by atoms with Gasteiger partial charge < -0.3 is 24.5 Å². The molecule has 0 aliphatic rings. The summed E-state index contributed by atoms with van der Waals surface area (Å²) in [6, 6.07) is 4.61. The number of ether oxygens (including phenoxy) is 3. The molecule has 20 heavy (non-hydrogen) atoms. The Morgan fingerprint density at radius 2 is 1.95 bits per heavy atom. The lowest BCUT2D eigenvalue weighted by Gasteiger charge is -2.12. The van der Waals surface area contributed by atoms with E-state index in [2.05, 4.69) is 5.16 Å². The maximum Gasteiger partial charge on any atom is 0.338 e. The van der Waals surface area contributed by atoms with Gasteiger partial charge in [0.05, 0.1) is 32.5 Å². The standard InChI is InChI=1S/C13H14N2O5/c1-17-10-5-7(13(16)19-3)4-8(12(10)18-2)9-6-11(14)15-20-9/h4-6H,1-3H3,(H2,14,15). The Morgan fingerprint density at radius 3 is 2.45 bits per heavy atom. The van der Waals surface area contributed by atoms with E-state index in [1.807, 2.05) is 0 Å². The Balaban J connectivity index is 2.66. The zero-order chi connectivity index (χ0) is 14.7. The van der Waals surface area contributed by atoms with E-state index in [1.54, 1.807) is 6.07 Å². The second-order valence-electron chi connectivity index (χ2n) is 3.87. The third kappa shape index (κ3) is 2.37.